The predicted octanol–water partition coefficient (Wildman–Crippen LogP) is 4.12. The molecular formula is C22H26N4O2. The molecule has 6 heteroatoms. The van der Waals surface area contributed by atoms with Gasteiger partial charge in [-0.15, -0.1) is 0 Å². The first-order chi connectivity index (χ1) is 13.5. The Hall–Kier alpha value is -3.15. The molecule has 3 rings (SSSR count). The van der Waals surface area contributed by atoms with Crippen molar-refractivity contribution in [2.45, 2.75) is 40.0 Å². The van der Waals surface area contributed by atoms with E-state index in [0.717, 1.165) is 36.1 Å². The van der Waals surface area contributed by atoms with Crippen molar-refractivity contribution in [1.82, 2.24) is 14.7 Å². The van der Waals surface area contributed by atoms with E-state index < -0.39 is 0 Å². The van der Waals surface area contributed by atoms with Gasteiger partial charge in [-0.1, -0.05) is 38.0 Å². The van der Waals surface area contributed by atoms with Crippen molar-refractivity contribution in [2.24, 2.45) is 0 Å². The van der Waals surface area contributed by atoms with Gasteiger partial charge < -0.3 is 10.6 Å². The molecule has 0 saturated carbocycles. The van der Waals surface area contributed by atoms with Gasteiger partial charge in [0.1, 0.15) is 0 Å². The molecule has 2 aromatic heterocycles. The Morgan fingerprint density at radius 3 is 2.68 bits per heavy atom. The molecule has 146 valence electrons. The summed E-state index contributed by atoms with van der Waals surface area (Å²) in [5, 5.41) is 5.82. The van der Waals surface area contributed by atoms with Crippen LogP contribution in [0.2, 0.25) is 0 Å². The minimum absolute atomic E-state index is 0.190. The molecule has 0 fully saturated rings. The Balaban J connectivity index is 1.88. The topological polar surface area (TPSA) is 75.5 Å². The van der Waals surface area contributed by atoms with E-state index >= 15 is 0 Å². The second-order valence-electron chi connectivity index (χ2n) is 6.98. The van der Waals surface area contributed by atoms with E-state index in [4.69, 9.17) is 0 Å². The summed E-state index contributed by atoms with van der Waals surface area (Å²) < 4.78 is 1.65. The molecular weight excluding hydrogens is 352 g/mol. The van der Waals surface area contributed by atoms with E-state index in [1.54, 1.807) is 16.7 Å². The zero-order valence-electron chi connectivity index (χ0n) is 16.6. The Morgan fingerprint density at radius 1 is 1.07 bits per heavy atom. The summed E-state index contributed by atoms with van der Waals surface area (Å²) >= 11 is 0. The van der Waals surface area contributed by atoms with Crippen LogP contribution in [0, 0.1) is 13.8 Å². The van der Waals surface area contributed by atoms with Crippen LogP contribution < -0.4 is 10.6 Å². The number of hydrogen-bond acceptors (Lipinski definition) is 3. The average molecular weight is 378 g/mol. The van der Waals surface area contributed by atoms with Gasteiger partial charge in [0, 0.05) is 18.4 Å². The molecule has 6 nitrogen and oxygen atoms in total. The van der Waals surface area contributed by atoms with Gasteiger partial charge >= 0.3 is 0 Å². The highest BCUT2D eigenvalue weighted by Crippen LogP contribution is 2.19. The number of rotatable bonds is 7. The van der Waals surface area contributed by atoms with Gasteiger partial charge in [0.2, 0.25) is 5.82 Å². The number of pyridine rings is 1. The molecule has 0 aliphatic carbocycles. The molecule has 0 bridgehead atoms. The van der Waals surface area contributed by atoms with Crippen molar-refractivity contribution in [3.8, 4) is 0 Å². The first-order valence-electron chi connectivity index (χ1n) is 9.65. The monoisotopic (exact) mass is 378 g/mol. The van der Waals surface area contributed by atoms with Crippen molar-refractivity contribution < 1.29 is 9.59 Å². The number of carbonyl (C=O) groups is 2. The van der Waals surface area contributed by atoms with E-state index in [0.29, 0.717) is 12.1 Å². The number of carbonyl (C=O) groups excluding carboxylic acids is 2. The number of hydrogen-bond donors (Lipinski definition) is 2. The highest BCUT2D eigenvalue weighted by atomic mass is 16.2. The van der Waals surface area contributed by atoms with Crippen LogP contribution in [0.1, 0.15) is 58.4 Å². The van der Waals surface area contributed by atoms with E-state index in [9.17, 15) is 9.59 Å². The number of amides is 2. The van der Waals surface area contributed by atoms with Gasteiger partial charge in [-0.3, -0.25) is 14.0 Å². The van der Waals surface area contributed by atoms with Crippen LogP contribution in [0.25, 0.3) is 5.52 Å². The maximum Gasteiger partial charge on any atom is 0.292 e. The summed E-state index contributed by atoms with van der Waals surface area (Å²) in [6, 6.07) is 11.3. The van der Waals surface area contributed by atoms with Gasteiger partial charge in [-0.05, 0) is 49.6 Å². The first kappa shape index (κ1) is 19.6. The molecule has 0 saturated heterocycles. The first-order valence-corrected chi connectivity index (χ1v) is 9.65. The molecule has 0 radical (unpaired) electrons. The van der Waals surface area contributed by atoms with E-state index in [1.165, 1.54) is 0 Å². The van der Waals surface area contributed by atoms with Crippen molar-refractivity contribution in [3.63, 3.8) is 0 Å². The summed E-state index contributed by atoms with van der Waals surface area (Å²) in [6.45, 7) is 6.63. The van der Waals surface area contributed by atoms with Crippen molar-refractivity contribution in [2.75, 3.05) is 11.9 Å². The highest BCUT2D eigenvalue weighted by Gasteiger charge is 2.21. The molecule has 2 heterocycles. The Bertz CT molecular complexity index is 1010. The highest BCUT2D eigenvalue weighted by molar-refractivity contribution is 6.06. The molecule has 3 aromatic rings. The Morgan fingerprint density at radius 2 is 1.89 bits per heavy atom. The van der Waals surface area contributed by atoms with Crippen LogP contribution in [0.3, 0.4) is 0 Å². The van der Waals surface area contributed by atoms with Crippen molar-refractivity contribution >= 4 is 23.0 Å². The number of nitrogens with one attached hydrogen (secondary N) is 2. The molecule has 0 unspecified atom stereocenters. The fourth-order valence-electron chi connectivity index (χ4n) is 3.07. The van der Waals surface area contributed by atoms with Crippen LogP contribution in [-0.4, -0.2) is 27.7 Å². The molecule has 0 spiro atoms. The summed E-state index contributed by atoms with van der Waals surface area (Å²) in [4.78, 5) is 29.9. The fraction of sp³-hybridized carbons (Fsp3) is 0.318. The van der Waals surface area contributed by atoms with Crippen LogP contribution >= 0.6 is 0 Å². The number of benzene rings is 1. The van der Waals surface area contributed by atoms with Gasteiger partial charge in [0.05, 0.1) is 5.52 Å². The normalized spacial score (nSPS) is 10.8. The van der Waals surface area contributed by atoms with E-state index in [-0.39, 0.29) is 23.3 Å². The molecule has 2 N–H and O–H groups in total. The van der Waals surface area contributed by atoms with E-state index in [1.807, 2.05) is 44.2 Å². The Labute approximate surface area is 165 Å². The average Bonchev–Trinajstić information content (AvgIpc) is 3.08. The SMILES string of the molecule is CCCCCNC(=O)c1nc(C(=O)Nc2cc(C)ccc2C)n2ccccc12. The number of fused-ring (bicyclic) bond motifs is 1. The summed E-state index contributed by atoms with van der Waals surface area (Å²) in [7, 11) is 0. The summed E-state index contributed by atoms with van der Waals surface area (Å²) in [5.41, 5.74) is 3.64. The van der Waals surface area contributed by atoms with Gasteiger partial charge in [0.15, 0.2) is 5.69 Å². The molecule has 1 aromatic carbocycles. The smallest absolute Gasteiger partial charge is 0.292 e. The fourth-order valence-corrected chi connectivity index (χ4v) is 3.07. The zero-order valence-corrected chi connectivity index (χ0v) is 16.6. The quantitative estimate of drug-likeness (QED) is 0.607. The second-order valence-corrected chi connectivity index (χ2v) is 6.98. The molecule has 2 amide bonds. The standard InChI is InChI=1S/C22H26N4O2/c1-4-5-7-12-23-21(27)19-18-9-6-8-13-26(18)20(25-19)22(28)24-17-14-15(2)10-11-16(17)3/h6,8-11,13-14H,4-5,7,12H2,1-3H3,(H,23,27)(H,24,28). The lowest BCUT2D eigenvalue weighted by Crippen LogP contribution is -2.25. The lowest BCUT2D eigenvalue weighted by Gasteiger charge is -2.08. The van der Waals surface area contributed by atoms with Crippen LogP contribution in [-0.2, 0) is 0 Å². The minimum Gasteiger partial charge on any atom is -0.351 e. The van der Waals surface area contributed by atoms with Crippen LogP contribution in [0.15, 0.2) is 42.6 Å². The summed E-state index contributed by atoms with van der Waals surface area (Å²) in [6.07, 6.45) is 4.82. The van der Waals surface area contributed by atoms with E-state index in [2.05, 4.69) is 22.5 Å². The van der Waals surface area contributed by atoms with Gasteiger partial charge in [-0.25, -0.2) is 4.98 Å². The third-order valence-corrected chi connectivity index (χ3v) is 4.67. The molecule has 0 atom stereocenters. The number of aryl methyl sites for hydroxylation is 2. The lowest BCUT2D eigenvalue weighted by molar-refractivity contribution is 0.0950. The third-order valence-electron chi connectivity index (χ3n) is 4.67. The summed E-state index contributed by atoms with van der Waals surface area (Å²) in [5.74, 6) is -0.416. The van der Waals surface area contributed by atoms with Gasteiger partial charge in [-0.2, -0.15) is 0 Å². The van der Waals surface area contributed by atoms with Gasteiger partial charge in [0.25, 0.3) is 11.8 Å². The number of aromatic nitrogens is 2. The predicted molar refractivity (Wildman–Crippen MR) is 111 cm³/mol. The largest absolute Gasteiger partial charge is 0.351 e. The number of anilines is 1. The molecule has 0 aliphatic rings. The van der Waals surface area contributed by atoms with Crippen LogP contribution in [0.4, 0.5) is 5.69 Å². The minimum atomic E-state index is -0.347. The number of nitrogens with zero attached hydrogens (tertiary/aromatic N) is 2. The molecule has 28 heavy (non-hydrogen) atoms. The number of imidazole rings is 1. The third kappa shape index (κ3) is 4.22. The van der Waals surface area contributed by atoms with Crippen LogP contribution in [0.5, 0.6) is 0 Å². The maximum atomic E-state index is 12.9. The van der Waals surface area contributed by atoms with Crippen molar-refractivity contribution in [3.05, 3.63) is 65.2 Å². The second kappa shape index (κ2) is 8.69. The zero-order chi connectivity index (χ0) is 20.1. The van der Waals surface area contributed by atoms with Crippen molar-refractivity contribution in [1.29, 1.82) is 0 Å². The maximum absolute atomic E-state index is 12.9. The number of unbranched alkanes of at least 4 members (excludes halogenated alkanes) is 2. The molecule has 0 aliphatic heterocycles. The Kier molecular flexibility index (Phi) is 6.09. The lowest BCUT2D eigenvalue weighted by atomic mass is 10.1.